The van der Waals surface area contributed by atoms with E-state index in [1.807, 2.05) is 43.0 Å². The van der Waals surface area contributed by atoms with Gasteiger partial charge in [0.15, 0.2) is 0 Å². The van der Waals surface area contributed by atoms with E-state index in [4.69, 9.17) is 4.74 Å². The molecule has 1 heterocycles. The SMILES string of the molecule is CCCc1cc2c(cc1C#Cc1ccc(CC(=O)OCC)cc1)C(C)(C)CCS2. The second kappa shape index (κ2) is 9.55. The molecule has 0 unspecified atom stereocenters. The first kappa shape index (κ1) is 21.5. The Morgan fingerprint density at radius 1 is 1.14 bits per heavy atom. The molecular weight excluding hydrogens is 376 g/mol. The molecule has 2 nitrogen and oxygen atoms in total. The van der Waals surface area contributed by atoms with Crippen LogP contribution in [0, 0.1) is 11.8 Å². The maximum absolute atomic E-state index is 11.6. The van der Waals surface area contributed by atoms with Gasteiger partial charge in [-0.1, -0.05) is 51.2 Å². The first-order chi connectivity index (χ1) is 13.9. The minimum Gasteiger partial charge on any atom is -0.466 e. The van der Waals surface area contributed by atoms with Gasteiger partial charge in [-0.05, 0) is 71.9 Å². The minimum atomic E-state index is -0.190. The second-order valence-corrected chi connectivity index (χ2v) is 9.30. The van der Waals surface area contributed by atoms with Gasteiger partial charge in [-0.3, -0.25) is 4.79 Å². The Bertz CT molecular complexity index is 930. The molecule has 0 N–H and O–H groups in total. The molecular formula is C26H30O2S. The lowest BCUT2D eigenvalue weighted by Crippen LogP contribution is -2.23. The lowest BCUT2D eigenvalue weighted by Gasteiger charge is -2.32. The average molecular weight is 407 g/mol. The van der Waals surface area contributed by atoms with Crippen LogP contribution in [0.25, 0.3) is 0 Å². The molecule has 0 fully saturated rings. The number of rotatable bonds is 5. The summed E-state index contributed by atoms with van der Waals surface area (Å²) in [7, 11) is 0. The zero-order valence-corrected chi connectivity index (χ0v) is 18.7. The summed E-state index contributed by atoms with van der Waals surface area (Å²) in [6.07, 6.45) is 3.67. The molecule has 0 saturated carbocycles. The highest BCUT2D eigenvalue weighted by Gasteiger charge is 2.28. The van der Waals surface area contributed by atoms with Crippen molar-refractivity contribution in [2.75, 3.05) is 12.4 Å². The Kier molecular flexibility index (Phi) is 7.09. The van der Waals surface area contributed by atoms with E-state index in [0.717, 1.165) is 29.5 Å². The van der Waals surface area contributed by atoms with Crippen LogP contribution in [0.3, 0.4) is 0 Å². The van der Waals surface area contributed by atoms with Crippen LogP contribution < -0.4 is 0 Å². The highest BCUT2D eigenvalue weighted by atomic mass is 32.2. The molecule has 0 spiro atoms. The first-order valence-electron chi connectivity index (χ1n) is 10.5. The smallest absolute Gasteiger partial charge is 0.310 e. The summed E-state index contributed by atoms with van der Waals surface area (Å²) in [6.45, 7) is 9.13. The number of benzene rings is 2. The van der Waals surface area contributed by atoms with Gasteiger partial charge >= 0.3 is 5.97 Å². The number of carbonyl (C=O) groups is 1. The maximum atomic E-state index is 11.6. The molecule has 3 heteroatoms. The fraction of sp³-hybridized carbons (Fsp3) is 0.423. The molecule has 0 saturated heterocycles. The summed E-state index contributed by atoms with van der Waals surface area (Å²) in [5.41, 5.74) is 6.05. The Hall–Kier alpha value is -2.18. The van der Waals surface area contributed by atoms with Crippen molar-refractivity contribution in [1.82, 2.24) is 0 Å². The summed E-state index contributed by atoms with van der Waals surface area (Å²) >= 11 is 1.98. The van der Waals surface area contributed by atoms with E-state index in [9.17, 15) is 4.79 Å². The summed E-state index contributed by atoms with van der Waals surface area (Å²) in [5, 5.41) is 0. The van der Waals surface area contributed by atoms with Gasteiger partial charge in [-0.15, -0.1) is 11.8 Å². The van der Waals surface area contributed by atoms with Gasteiger partial charge in [0.1, 0.15) is 0 Å². The van der Waals surface area contributed by atoms with E-state index in [-0.39, 0.29) is 11.4 Å². The van der Waals surface area contributed by atoms with E-state index in [0.29, 0.717) is 13.0 Å². The molecule has 1 aliphatic rings. The monoisotopic (exact) mass is 406 g/mol. The number of hydrogen-bond donors (Lipinski definition) is 0. The van der Waals surface area contributed by atoms with Crippen LogP contribution in [0.4, 0.5) is 0 Å². The molecule has 2 aromatic carbocycles. The molecule has 3 rings (SSSR count). The number of ether oxygens (including phenoxy) is 1. The zero-order chi connectivity index (χ0) is 20.9. The van der Waals surface area contributed by atoms with Crippen LogP contribution in [0.15, 0.2) is 41.3 Å². The lowest BCUT2D eigenvalue weighted by atomic mass is 9.80. The molecule has 0 radical (unpaired) electrons. The molecule has 152 valence electrons. The first-order valence-corrected chi connectivity index (χ1v) is 11.5. The Balaban J connectivity index is 1.86. The van der Waals surface area contributed by atoms with Crippen molar-refractivity contribution >= 4 is 17.7 Å². The van der Waals surface area contributed by atoms with Gasteiger partial charge in [-0.2, -0.15) is 0 Å². The van der Waals surface area contributed by atoms with Crippen LogP contribution in [-0.2, 0) is 27.8 Å². The fourth-order valence-electron chi connectivity index (χ4n) is 3.64. The summed E-state index contributed by atoms with van der Waals surface area (Å²) in [5.74, 6) is 7.76. The van der Waals surface area contributed by atoms with Crippen LogP contribution in [0.2, 0.25) is 0 Å². The lowest BCUT2D eigenvalue weighted by molar-refractivity contribution is -0.142. The maximum Gasteiger partial charge on any atom is 0.310 e. The molecule has 1 aliphatic heterocycles. The number of carbonyl (C=O) groups excluding carboxylic acids is 1. The predicted molar refractivity (Wildman–Crippen MR) is 122 cm³/mol. The van der Waals surface area contributed by atoms with Crippen molar-refractivity contribution in [3.63, 3.8) is 0 Å². The van der Waals surface area contributed by atoms with E-state index in [1.165, 1.54) is 28.2 Å². The number of hydrogen-bond acceptors (Lipinski definition) is 3. The summed E-state index contributed by atoms with van der Waals surface area (Å²) in [6, 6.07) is 12.6. The zero-order valence-electron chi connectivity index (χ0n) is 17.9. The number of aryl methyl sites for hydroxylation is 1. The van der Waals surface area contributed by atoms with Crippen molar-refractivity contribution in [2.45, 2.75) is 63.7 Å². The van der Waals surface area contributed by atoms with E-state index in [2.05, 4.69) is 44.7 Å². The Morgan fingerprint density at radius 3 is 2.59 bits per heavy atom. The third kappa shape index (κ3) is 5.46. The van der Waals surface area contributed by atoms with Crippen LogP contribution in [0.1, 0.15) is 68.4 Å². The molecule has 0 aliphatic carbocycles. The molecule has 0 aromatic heterocycles. The van der Waals surface area contributed by atoms with E-state index < -0.39 is 0 Å². The molecule has 0 atom stereocenters. The number of esters is 1. The van der Waals surface area contributed by atoms with Gasteiger partial charge in [0.05, 0.1) is 13.0 Å². The average Bonchev–Trinajstić information content (AvgIpc) is 2.68. The fourth-order valence-corrected chi connectivity index (χ4v) is 5.19. The quantitative estimate of drug-likeness (QED) is 0.455. The van der Waals surface area contributed by atoms with Crippen LogP contribution in [-0.4, -0.2) is 18.3 Å². The van der Waals surface area contributed by atoms with Gasteiger partial charge < -0.3 is 4.74 Å². The summed E-state index contributed by atoms with van der Waals surface area (Å²) in [4.78, 5) is 13.1. The number of thioether (sulfide) groups is 1. The molecule has 0 bridgehead atoms. The van der Waals surface area contributed by atoms with Crippen molar-refractivity contribution < 1.29 is 9.53 Å². The number of fused-ring (bicyclic) bond motifs is 1. The van der Waals surface area contributed by atoms with Crippen LogP contribution in [0.5, 0.6) is 0 Å². The van der Waals surface area contributed by atoms with Gasteiger partial charge in [0, 0.05) is 16.0 Å². The summed E-state index contributed by atoms with van der Waals surface area (Å²) < 4.78 is 5.01. The minimum absolute atomic E-state index is 0.190. The highest BCUT2D eigenvalue weighted by Crippen LogP contribution is 2.42. The van der Waals surface area contributed by atoms with Gasteiger partial charge in [-0.25, -0.2) is 0 Å². The van der Waals surface area contributed by atoms with E-state index in [1.54, 1.807) is 0 Å². The van der Waals surface area contributed by atoms with Gasteiger partial charge in [0.25, 0.3) is 0 Å². The molecule has 0 amide bonds. The van der Waals surface area contributed by atoms with Crippen LogP contribution >= 0.6 is 11.8 Å². The Labute approximate surface area is 179 Å². The third-order valence-electron chi connectivity index (χ3n) is 5.39. The van der Waals surface area contributed by atoms with Crippen molar-refractivity contribution in [1.29, 1.82) is 0 Å². The third-order valence-corrected chi connectivity index (χ3v) is 6.44. The Morgan fingerprint density at radius 2 is 1.90 bits per heavy atom. The normalized spacial score (nSPS) is 14.5. The topological polar surface area (TPSA) is 26.3 Å². The second-order valence-electron chi connectivity index (χ2n) is 8.17. The van der Waals surface area contributed by atoms with Crippen molar-refractivity contribution in [3.05, 3.63) is 64.2 Å². The standard InChI is InChI=1S/C26H30O2S/c1-5-7-21-18-24-23(26(3,4)14-15-29-24)17-22(21)13-12-19-8-10-20(11-9-19)16-25(27)28-6-2/h8-11,17-18H,5-7,14-16H2,1-4H3. The predicted octanol–water partition coefficient (Wildman–Crippen LogP) is 5.92. The largest absolute Gasteiger partial charge is 0.466 e. The van der Waals surface area contributed by atoms with Crippen molar-refractivity contribution in [3.8, 4) is 11.8 Å². The van der Waals surface area contributed by atoms with E-state index >= 15 is 0 Å². The highest BCUT2D eigenvalue weighted by molar-refractivity contribution is 7.99. The van der Waals surface area contributed by atoms with Gasteiger partial charge in [0.2, 0.25) is 0 Å². The van der Waals surface area contributed by atoms with Crippen molar-refractivity contribution in [2.24, 2.45) is 0 Å². The molecule has 2 aromatic rings. The molecule has 29 heavy (non-hydrogen) atoms.